The van der Waals surface area contributed by atoms with Crippen molar-refractivity contribution in [1.29, 1.82) is 0 Å². The first kappa shape index (κ1) is 23.4. The van der Waals surface area contributed by atoms with Crippen LogP contribution in [0.25, 0.3) is 0 Å². The van der Waals surface area contributed by atoms with E-state index < -0.39 is 6.17 Å². The number of hydrogen-bond donors (Lipinski definition) is 0. The van der Waals surface area contributed by atoms with Crippen molar-refractivity contribution in [1.82, 2.24) is 0 Å². The molecule has 0 aromatic carbocycles. The van der Waals surface area contributed by atoms with Crippen molar-refractivity contribution < 1.29 is 4.39 Å². The highest BCUT2D eigenvalue weighted by Crippen LogP contribution is 2.56. The van der Waals surface area contributed by atoms with Gasteiger partial charge in [0.05, 0.1) is 0 Å². The van der Waals surface area contributed by atoms with Gasteiger partial charge in [-0.1, -0.05) is 64.9 Å². The molecule has 5 aliphatic carbocycles. The molecule has 0 nitrogen and oxygen atoms in total. The molecule has 0 aliphatic heterocycles. The van der Waals surface area contributed by atoms with E-state index in [1.807, 2.05) is 0 Å². The summed E-state index contributed by atoms with van der Waals surface area (Å²) in [6.45, 7) is 7.33. The van der Waals surface area contributed by atoms with Crippen LogP contribution in [-0.4, -0.2) is 6.17 Å². The molecule has 0 aromatic heterocycles. The van der Waals surface area contributed by atoms with Gasteiger partial charge < -0.3 is 0 Å². The molecule has 0 heterocycles. The number of rotatable bonds is 3. The molecule has 0 bridgehead atoms. The molecule has 0 spiro atoms. The second kappa shape index (κ2) is 10.1. The summed E-state index contributed by atoms with van der Waals surface area (Å²) in [5.41, 5.74) is 3.19. The van der Waals surface area contributed by atoms with Crippen molar-refractivity contribution in [3.05, 3.63) is 11.1 Å². The average molecular weight is 443 g/mol. The largest absolute Gasteiger partial charge is 0.243 e. The summed E-state index contributed by atoms with van der Waals surface area (Å²) in [4.78, 5) is 0. The molecule has 5 aliphatic rings. The van der Waals surface area contributed by atoms with Crippen LogP contribution in [0.2, 0.25) is 0 Å². The van der Waals surface area contributed by atoms with E-state index in [2.05, 4.69) is 20.8 Å². The van der Waals surface area contributed by atoms with Gasteiger partial charge in [0.1, 0.15) is 6.17 Å². The molecule has 0 radical (unpaired) electrons. The van der Waals surface area contributed by atoms with Gasteiger partial charge in [0.25, 0.3) is 0 Å². The van der Waals surface area contributed by atoms with Gasteiger partial charge in [-0.2, -0.15) is 0 Å². The molecule has 0 N–H and O–H groups in total. The van der Waals surface area contributed by atoms with Gasteiger partial charge in [-0.05, 0) is 123 Å². The van der Waals surface area contributed by atoms with Gasteiger partial charge >= 0.3 is 0 Å². The minimum atomic E-state index is -0.613. The molecular weight excluding hydrogens is 391 g/mol. The normalized spacial score (nSPS) is 48.4. The molecule has 182 valence electrons. The Morgan fingerprint density at radius 2 is 0.719 bits per heavy atom. The van der Waals surface area contributed by atoms with Crippen LogP contribution < -0.4 is 0 Å². The van der Waals surface area contributed by atoms with Gasteiger partial charge in [0.2, 0.25) is 0 Å². The lowest BCUT2D eigenvalue weighted by molar-refractivity contribution is 0.112. The monoisotopic (exact) mass is 442 g/mol. The lowest BCUT2D eigenvalue weighted by Crippen LogP contribution is -2.41. The Kier molecular flexibility index (Phi) is 7.40. The van der Waals surface area contributed by atoms with Crippen molar-refractivity contribution in [2.24, 2.45) is 53.3 Å². The van der Waals surface area contributed by atoms with Gasteiger partial charge in [0.15, 0.2) is 0 Å². The molecule has 4 atom stereocenters. The molecule has 0 amide bonds. The molecule has 3 fully saturated rings. The Morgan fingerprint density at radius 3 is 1.09 bits per heavy atom. The lowest BCUT2D eigenvalue weighted by Gasteiger charge is -2.50. The zero-order valence-corrected chi connectivity index (χ0v) is 21.5. The van der Waals surface area contributed by atoms with Crippen LogP contribution in [0.4, 0.5) is 4.39 Å². The summed E-state index contributed by atoms with van der Waals surface area (Å²) in [5.74, 6) is 7.29. The van der Waals surface area contributed by atoms with E-state index in [-0.39, 0.29) is 0 Å². The smallest absolute Gasteiger partial charge is 0.122 e. The fraction of sp³-hybridized carbons (Fsp3) is 0.935. The zero-order chi connectivity index (χ0) is 22.2. The Hall–Kier alpha value is -0.330. The highest BCUT2D eigenvalue weighted by Gasteiger charge is 2.47. The van der Waals surface area contributed by atoms with Crippen molar-refractivity contribution >= 4 is 0 Å². The van der Waals surface area contributed by atoms with Crippen LogP contribution in [0, 0.1) is 53.3 Å². The minimum Gasteiger partial charge on any atom is -0.243 e. The lowest BCUT2D eigenvalue weighted by atomic mass is 9.55. The second-order valence-corrected chi connectivity index (χ2v) is 13.4. The third-order valence-corrected chi connectivity index (χ3v) is 11.3. The highest BCUT2D eigenvalue weighted by atomic mass is 19.1. The standard InChI is InChI=1S/C31H51F/c1-20-4-10-23(11-5-20)26-16-17-28(25-14-8-22(3)9-15-25)31-29(32)19-18-27(30(26)31)24-12-6-21(2)7-13-24/h20-29H,4-19H2,1-3H3. The predicted octanol–water partition coefficient (Wildman–Crippen LogP) is 9.54. The first-order valence-corrected chi connectivity index (χ1v) is 14.9. The number of alkyl halides is 1. The van der Waals surface area contributed by atoms with Crippen molar-refractivity contribution in [2.75, 3.05) is 0 Å². The topological polar surface area (TPSA) is 0 Å². The summed E-state index contributed by atoms with van der Waals surface area (Å²) in [6.07, 6.45) is 20.9. The maximum absolute atomic E-state index is 15.9. The summed E-state index contributed by atoms with van der Waals surface area (Å²) < 4.78 is 15.9. The van der Waals surface area contributed by atoms with Crippen molar-refractivity contribution in [2.45, 2.75) is 130 Å². The van der Waals surface area contributed by atoms with Gasteiger partial charge in [-0.25, -0.2) is 4.39 Å². The fourth-order valence-corrected chi connectivity index (χ4v) is 9.17. The summed E-state index contributed by atoms with van der Waals surface area (Å²) in [7, 11) is 0. The Balaban J connectivity index is 1.47. The van der Waals surface area contributed by atoms with Gasteiger partial charge in [-0.3, -0.25) is 0 Å². The van der Waals surface area contributed by atoms with Crippen LogP contribution in [0.5, 0.6) is 0 Å². The number of halogens is 1. The zero-order valence-electron chi connectivity index (χ0n) is 21.5. The van der Waals surface area contributed by atoms with E-state index in [4.69, 9.17) is 0 Å². The van der Waals surface area contributed by atoms with Crippen LogP contribution in [0.15, 0.2) is 11.1 Å². The number of hydrogen-bond acceptors (Lipinski definition) is 0. The quantitative estimate of drug-likeness (QED) is 0.382. The predicted molar refractivity (Wildman–Crippen MR) is 134 cm³/mol. The average Bonchev–Trinajstić information content (AvgIpc) is 2.81. The maximum atomic E-state index is 15.9. The second-order valence-electron chi connectivity index (χ2n) is 13.4. The summed E-state index contributed by atoms with van der Waals surface area (Å²) >= 11 is 0. The van der Waals surface area contributed by atoms with Crippen LogP contribution >= 0.6 is 0 Å². The fourth-order valence-electron chi connectivity index (χ4n) is 9.17. The van der Waals surface area contributed by atoms with E-state index in [1.165, 1.54) is 95.5 Å². The van der Waals surface area contributed by atoms with Crippen molar-refractivity contribution in [3.63, 3.8) is 0 Å². The van der Waals surface area contributed by atoms with Crippen LogP contribution in [0.3, 0.4) is 0 Å². The van der Waals surface area contributed by atoms with Gasteiger partial charge in [0, 0.05) is 0 Å². The minimum absolute atomic E-state index is 0.594. The third-order valence-electron chi connectivity index (χ3n) is 11.3. The molecule has 4 unspecified atom stereocenters. The number of allylic oxidation sites excluding steroid dienone is 2. The summed E-state index contributed by atoms with van der Waals surface area (Å²) in [5, 5.41) is 0. The van der Waals surface area contributed by atoms with E-state index >= 15 is 4.39 Å². The van der Waals surface area contributed by atoms with E-state index in [1.54, 1.807) is 5.57 Å². The Morgan fingerprint density at radius 1 is 0.406 bits per heavy atom. The van der Waals surface area contributed by atoms with Crippen LogP contribution in [0.1, 0.15) is 124 Å². The molecule has 1 heteroatoms. The molecule has 3 saturated carbocycles. The van der Waals surface area contributed by atoms with E-state index in [9.17, 15) is 0 Å². The Bertz CT molecular complexity index is 613. The maximum Gasteiger partial charge on any atom is 0.122 e. The molecule has 5 rings (SSSR count). The first-order valence-electron chi connectivity index (χ1n) is 14.9. The van der Waals surface area contributed by atoms with Crippen LogP contribution in [-0.2, 0) is 0 Å². The third kappa shape index (κ3) is 4.75. The highest BCUT2D eigenvalue weighted by molar-refractivity contribution is 5.33. The molecule has 0 saturated heterocycles. The SMILES string of the molecule is CC1CCC(C2CCC(C3CCC(C)CC3)C3=C2C(F)CCC3C2CCC(C)CC2)CC1. The van der Waals surface area contributed by atoms with Crippen molar-refractivity contribution in [3.8, 4) is 0 Å². The Labute approximate surface area is 198 Å². The first-order chi connectivity index (χ1) is 15.5. The van der Waals surface area contributed by atoms with E-state index in [0.29, 0.717) is 5.92 Å². The molecule has 32 heavy (non-hydrogen) atoms. The van der Waals surface area contributed by atoms with E-state index in [0.717, 1.165) is 60.2 Å². The summed E-state index contributed by atoms with van der Waals surface area (Å²) in [6, 6.07) is 0. The van der Waals surface area contributed by atoms with Gasteiger partial charge in [-0.15, -0.1) is 0 Å². The molecular formula is C31H51F. The molecule has 0 aromatic rings.